The van der Waals surface area contributed by atoms with Crippen LogP contribution in [0.2, 0.25) is 0 Å². The van der Waals surface area contributed by atoms with Crippen molar-refractivity contribution in [3.63, 3.8) is 0 Å². The Hall–Kier alpha value is -2.38. The molecule has 2 aromatic rings. The van der Waals surface area contributed by atoms with Crippen molar-refractivity contribution in [3.05, 3.63) is 22.9 Å². The second kappa shape index (κ2) is 4.01. The lowest BCUT2D eigenvalue weighted by Crippen LogP contribution is -2.16. The average Bonchev–Trinajstić information content (AvgIpc) is 2.60. The van der Waals surface area contributed by atoms with Gasteiger partial charge in [0.1, 0.15) is 12.1 Å². The Morgan fingerprint density at radius 3 is 3.19 bits per heavy atom. The molecular formula is C8H10N6O2. The van der Waals surface area contributed by atoms with Crippen LogP contribution in [0.1, 0.15) is 6.42 Å². The summed E-state index contributed by atoms with van der Waals surface area (Å²) in [5.41, 5.74) is 5.11. The van der Waals surface area contributed by atoms with Gasteiger partial charge in [-0.2, -0.15) is 5.10 Å². The fourth-order valence-electron chi connectivity index (χ4n) is 1.22. The van der Waals surface area contributed by atoms with Gasteiger partial charge in [0.25, 0.3) is 0 Å². The highest BCUT2D eigenvalue weighted by Gasteiger charge is 2.02. The van der Waals surface area contributed by atoms with Gasteiger partial charge >= 0.3 is 5.69 Å². The number of nitrogens with two attached hydrogens (primary N) is 1. The van der Waals surface area contributed by atoms with Crippen LogP contribution in [-0.4, -0.2) is 32.0 Å². The number of hydrogen-bond donors (Lipinski definition) is 3. The maximum absolute atomic E-state index is 11.1. The van der Waals surface area contributed by atoms with Crippen LogP contribution in [-0.2, 0) is 4.79 Å². The first-order chi connectivity index (χ1) is 7.66. The number of aromatic nitrogens is 4. The van der Waals surface area contributed by atoms with Gasteiger partial charge < -0.3 is 11.1 Å². The molecule has 8 heteroatoms. The van der Waals surface area contributed by atoms with E-state index >= 15 is 0 Å². The molecule has 16 heavy (non-hydrogen) atoms. The summed E-state index contributed by atoms with van der Waals surface area (Å²) in [6.07, 6.45) is 1.58. The van der Waals surface area contributed by atoms with Crippen LogP contribution >= 0.6 is 0 Å². The smallest absolute Gasteiger partial charge is 0.348 e. The summed E-state index contributed by atoms with van der Waals surface area (Å²) in [4.78, 5) is 25.6. The van der Waals surface area contributed by atoms with Crippen LogP contribution in [0, 0.1) is 0 Å². The Bertz CT molecular complexity index is 571. The molecule has 0 aliphatic carbocycles. The molecule has 0 saturated carbocycles. The number of nitrogens with zero attached hydrogens (tertiary/aromatic N) is 3. The molecule has 0 radical (unpaired) electrons. The number of aromatic amines is 1. The van der Waals surface area contributed by atoms with Crippen molar-refractivity contribution in [1.82, 2.24) is 19.6 Å². The van der Waals surface area contributed by atoms with Gasteiger partial charge in [0.15, 0.2) is 5.65 Å². The summed E-state index contributed by atoms with van der Waals surface area (Å²) < 4.78 is 1.28. The molecule has 0 aromatic carbocycles. The highest BCUT2D eigenvalue weighted by Crippen LogP contribution is 2.03. The number of carbonyl (C=O) groups excluding carboxylic acids is 1. The largest absolute Gasteiger partial charge is 0.370 e. The van der Waals surface area contributed by atoms with Crippen LogP contribution in [0.4, 0.5) is 5.82 Å². The molecule has 0 spiro atoms. The number of hydrogen-bond acceptors (Lipinski definition) is 5. The van der Waals surface area contributed by atoms with Gasteiger partial charge in [-0.05, 0) is 0 Å². The quantitative estimate of drug-likeness (QED) is 0.594. The fraction of sp³-hybridized carbons (Fsp3) is 0.250. The van der Waals surface area contributed by atoms with E-state index in [0.717, 1.165) is 0 Å². The topological polar surface area (TPSA) is 118 Å². The number of carbonyl (C=O) groups is 1. The molecule has 1 amide bonds. The molecule has 0 atom stereocenters. The first-order valence-corrected chi connectivity index (χ1v) is 4.62. The van der Waals surface area contributed by atoms with Crippen molar-refractivity contribution < 1.29 is 4.79 Å². The monoisotopic (exact) mass is 222 g/mol. The van der Waals surface area contributed by atoms with Gasteiger partial charge in [-0.1, -0.05) is 0 Å². The zero-order valence-electron chi connectivity index (χ0n) is 8.30. The number of primary amides is 1. The minimum Gasteiger partial charge on any atom is -0.370 e. The van der Waals surface area contributed by atoms with Crippen molar-refractivity contribution in [3.8, 4) is 0 Å². The molecular weight excluding hydrogens is 212 g/mol. The first kappa shape index (κ1) is 10.1. The molecule has 2 aromatic heterocycles. The van der Waals surface area contributed by atoms with Crippen LogP contribution in [0.15, 0.2) is 17.2 Å². The number of fused-ring (bicyclic) bond motifs is 1. The zero-order chi connectivity index (χ0) is 11.5. The molecule has 0 aliphatic rings. The Kier molecular flexibility index (Phi) is 2.54. The van der Waals surface area contributed by atoms with Crippen molar-refractivity contribution in [1.29, 1.82) is 0 Å². The van der Waals surface area contributed by atoms with E-state index in [4.69, 9.17) is 5.73 Å². The Labute approximate surface area is 89.5 Å². The van der Waals surface area contributed by atoms with Crippen molar-refractivity contribution in [2.24, 2.45) is 5.73 Å². The summed E-state index contributed by atoms with van der Waals surface area (Å²) >= 11 is 0. The minimum atomic E-state index is -0.385. The molecule has 2 heterocycles. The molecule has 0 fully saturated rings. The van der Waals surface area contributed by atoms with Crippen molar-refractivity contribution >= 4 is 17.4 Å². The molecule has 2 rings (SSSR count). The van der Waals surface area contributed by atoms with Gasteiger partial charge in [0, 0.05) is 19.0 Å². The first-order valence-electron chi connectivity index (χ1n) is 4.62. The van der Waals surface area contributed by atoms with Gasteiger partial charge in [-0.3, -0.25) is 4.79 Å². The van der Waals surface area contributed by atoms with Crippen molar-refractivity contribution in [2.45, 2.75) is 6.42 Å². The van der Waals surface area contributed by atoms with Crippen LogP contribution in [0.3, 0.4) is 0 Å². The van der Waals surface area contributed by atoms with Crippen LogP contribution < -0.4 is 16.7 Å². The predicted octanol–water partition coefficient (Wildman–Crippen LogP) is -1.30. The highest BCUT2D eigenvalue weighted by atomic mass is 16.1. The molecule has 0 unspecified atom stereocenters. The third kappa shape index (κ3) is 2.00. The minimum absolute atomic E-state index is 0.222. The standard InChI is InChI=1S/C8H10N6O2/c9-5(15)1-2-10-6-3-7-12-13-8(16)14(7)4-11-6/h3-4,10H,1-2H2,(H2,9,15)(H,13,16). The molecule has 0 bridgehead atoms. The third-order valence-corrected chi connectivity index (χ3v) is 1.99. The summed E-state index contributed by atoms with van der Waals surface area (Å²) in [6, 6.07) is 1.60. The second-order valence-electron chi connectivity index (χ2n) is 3.17. The lowest BCUT2D eigenvalue weighted by Gasteiger charge is -2.02. The summed E-state index contributed by atoms with van der Waals surface area (Å²) in [6.45, 7) is 0.396. The van der Waals surface area contributed by atoms with E-state index < -0.39 is 0 Å². The van der Waals surface area contributed by atoms with Gasteiger partial charge in [-0.25, -0.2) is 19.3 Å². The number of anilines is 1. The van der Waals surface area contributed by atoms with Gasteiger partial charge in [0.05, 0.1) is 0 Å². The van der Waals surface area contributed by atoms with Gasteiger partial charge in [0.2, 0.25) is 5.91 Å². The second-order valence-corrected chi connectivity index (χ2v) is 3.17. The predicted molar refractivity (Wildman–Crippen MR) is 55.9 cm³/mol. The van der Waals surface area contributed by atoms with Crippen LogP contribution in [0.5, 0.6) is 0 Å². The Balaban J connectivity index is 2.14. The van der Waals surface area contributed by atoms with E-state index in [2.05, 4.69) is 20.5 Å². The summed E-state index contributed by atoms with van der Waals surface area (Å²) in [7, 11) is 0. The fourth-order valence-corrected chi connectivity index (χ4v) is 1.22. The number of amides is 1. The van der Waals surface area contributed by atoms with Crippen molar-refractivity contribution in [2.75, 3.05) is 11.9 Å². The Morgan fingerprint density at radius 2 is 2.44 bits per heavy atom. The third-order valence-electron chi connectivity index (χ3n) is 1.99. The average molecular weight is 222 g/mol. The van der Waals surface area contributed by atoms with E-state index in [1.54, 1.807) is 6.07 Å². The lowest BCUT2D eigenvalue weighted by molar-refractivity contribution is -0.117. The van der Waals surface area contributed by atoms with E-state index in [1.165, 1.54) is 10.7 Å². The maximum atomic E-state index is 11.1. The zero-order valence-corrected chi connectivity index (χ0v) is 8.30. The van der Waals surface area contributed by atoms with Crippen LogP contribution in [0.25, 0.3) is 5.65 Å². The number of nitrogens with one attached hydrogen (secondary N) is 2. The summed E-state index contributed by atoms with van der Waals surface area (Å²) in [5.74, 6) is 0.150. The number of H-pyrrole nitrogens is 1. The normalized spacial score (nSPS) is 10.5. The van der Waals surface area contributed by atoms with Gasteiger partial charge in [-0.15, -0.1) is 0 Å². The SMILES string of the molecule is NC(=O)CCNc1cc2n[nH]c(=O)n2cn1. The Morgan fingerprint density at radius 1 is 1.62 bits per heavy atom. The highest BCUT2D eigenvalue weighted by molar-refractivity contribution is 5.74. The molecule has 4 N–H and O–H groups in total. The van der Waals surface area contributed by atoms with E-state index in [0.29, 0.717) is 18.0 Å². The summed E-state index contributed by atoms with van der Waals surface area (Å²) in [5, 5.41) is 8.97. The molecule has 0 aliphatic heterocycles. The molecule has 0 saturated heterocycles. The number of rotatable bonds is 4. The maximum Gasteiger partial charge on any atom is 0.348 e. The molecule has 84 valence electrons. The van der Waals surface area contributed by atoms with E-state index in [9.17, 15) is 9.59 Å². The van der Waals surface area contributed by atoms with E-state index in [-0.39, 0.29) is 18.0 Å². The van der Waals surface area contributed by atoms with E-state index in [1.807, 2.05) is 0 Å². The molecule has 8 nitrogen and oxygen atoms in total. The lowest BCUT2D eigenvalue weighted by atomic mass is 10.4.